The molecule has 1 saturated heterocycles. The van der Waals surface area contributed by atoms with Gasteiger partial charge in [-0.2, -0.15) is 0 Å². The van der Waals surface area contributed by atoms with E-state index in [1.165, 1.54) is 18.4 Å². The summed E-state index contributed by atoms with van der Waals surface area (Å²) in [6.07, 6.45) is 5.30. The zero-order valence-electron chi connectivity index (χ0n) is 14.0. The third-order valence-electron chi connectivity index (χ3n) is 4.73. The molecule has 0 radical (unpaired) electrons. The average Bonchev–Trinajstić information content (AvgIpc) is 2.99. The highest BCUT2D eigenvalue weighted by atomic mass is 16.5. The SMILES string of the molecule is COc1cccc2[nH]cc(CCN=C(N)N3CCC(C)CC3)c12. The number of methoxy groups -OCH3 is 1. The molecule has 3 N–H and O–H groups in total. The van der Waals surface area contributed by atoms with Gasteiger partial charge in [0.15, 0.2) is 5.96 Å². The van der Waals surface area contributed by atoms with Gasteiger partial charge in [-0.15, -0.1) is 0 Å². The van der Waals surface area contributed by atoms with E-state index < -0.39 is 0 Å². The van der Waals surface area contributed by atoms with Crippen LogP contribution < -0.4 is 10.5 Å². The van der Waals surface area contributed by atoms with E-state index in [2.05, 4.69) is 27.9 Å². The monoisotopic (exact) mass is 314 g/mol. The van der Waals surface area contributed by atoms with Crippen LogP contribution in [0.15, 0.2) is 29.4 Å². The second-order valence-corrected chi connectivity index (χ2v) is 6.36. The number of aromatic amines is 1. The lowest BCUT2D eigenvalue weighted by molar-refractivity contribution is 0.277. The molecule has 124 valence electrons. The highest BCUT2D eigenvalue weighted by Crippen LogP contribution is 2.28. The van der Waals surface area contributed by atoms with Gasteiger partial charge < -0.3 is 20.4 Å². The van der Waals surface area contributed by atoms with Gasteiger partial charge in [-0.3, -0.25) is 4.99 Å². The number of benzene rings is 1. The van der Waals surface area contributed by atoms with E-state index in [-0.39, 0.29) is 0 Å². The summed E-state index contributed by atoms with van der Waals surface area (Å²) in [5.74, 6) is 2.39. The number of rotatable bonds is 4. The highest BCUT2D eigenvalue weighted by Gasteiger charge is 2.17. The van der Waals surface area contributed by atoms with Crippen molar-refractivity contribution in [1.82, 2.24) is 9.88 Å². The van der Waals surface area contributed by atoms with E-state index in [1.54, 1.807) is 7.11 Å². The van der Waals surface area contributed by atoms with Gasteiger partial charge in [-0.25, -0.2) is 0 Å². The smallest absolute Gasteiger partial charge is 0.191 e. The lowest BCUT2D eigenvalue weighted by atomic mass is 10.00. The van der Waals surface area contributed by atoms with E-state index in [9.17, 15) is 0 Å². The molecule has 1 aliphatic rings. The Balaban J connectivity index is 1.65. The number of fused-ring (bicyclic) bond motifs is 1. The second-order valence-electron chi connectivity index (χ2n) is 6.36. The van der Waals surface area contributed by atoms with Crippen LogP contribution in [0.25, 0.3) is 10.9 Å². The van der Waals surface area contributed by atoms with Crippen molar-refractivity contribution in [2.45, 2.75) is 26.2 Å². The quantitative estimate of drug-likeness (QED) is 0.673. The normalized spacial score (nSPS) is 17.0. The predicted molar refractivity (Wildman–Crippen MR) is 95.0 cm³/mol. The Morgan fingerprint density at radius 1 is 1.39 bits per heavy atom. The van der Waals surface area contributed by atoms with Gasteiger partial charge >= 0.3 is 0 Å². The van der Waals surface area contributed by atoms with Crippen LogP contribution >= 0.6 is 0 Å². The molecule has 23 heavy (non-hydrogen) atoms. The molecule has 0 bridgehead atoms. The number of H-pyrrole nitrogens is 1. The Morgan fingerprint density at radius 2 is 2.17 bits per heavy atom. The highest BCUT2D eigenvalue weighted by molar-refractivity contribution is 5.89. The fourth-order valence-corrected chi connectivity index (χ4v) is 3.22. The molecule has 0 atom stereocenters. The van der Waals surface area contributed by atoms with Gasteiger partial charge in [0.05, 0.1) is 7.11 Å². The fraction of sp³-hybridized carbons (Fsp3) is 0.500. The van der Waals surface area contributed by atoms with Gasteiger partial charge in [-0.1, -0.05) is 13.0 Å². The molecule has 1 aromatic carbocycles. The first-order valence-electron chi connectivity index (χ1n) is 8.37. The molecule has 0 amide bonds. The van der Waals surface area contributed by atoms with Crippen LogP contribution in [-0.2, 0) is 6.42 Å². The molecule has 2 aromatic rings. The summed E-state index contributed by atoms with van der Waals surface area (Å²) >= 11 is 0. The summed E-state index contributed by atoms with van der Waals surface area (Å²) < 4.78 is 5.47. The fourth-order valence-electron chi connectivity index (χ4n) is 3.22. The number of guanidine groups is 1. The third-order valence-corrected chi connectivity index (χ3v) is 4.73. The Kier molecular flexibility index (Phi) is 4.74. The van der Waals surface area contributed by atoms with Crippen molar-refractivity contribution >= 4 is 16.9 Å². The second kappa shape index (κ2) is 6.94. The number of hydrogen-bond donors (Lipinski definition) is 2. The number of nitrogens with one attached hydrogen (secondary N) is 1. The lowest BCUT2D eigenvalue weighted by Gasteiger charge is -2.31. The Morgan fingerprint density at radius 3 is 2.91 bits per heavy atom. The van der Waals surface area contributed by atoms with Gasteiger partial charge in [0, 0.05) is 36.7 Å². The molecule has 0 unspecified atom stereocenters. The van der Waals surface area contributed by atoms with Crippen LogP contribution in [0.3, 0.4) is 0 Å². The first-order valence-corrected chi connectivity index (χ1v) is 8.37. The number of hydrogen-bond acceptors (Lipinski definition) is 2. The minimum atomic E-state index is 0.684. The topological polar surface area (TPSA) is 66.6 Å². The van der Waals surface area contributed by atoms with E-state index in [0.717, 1.165) is 42.1 Å². The summed E-state index contributed by atoms with van der Waals surface area (Å²) in [5, 5.41) is 1.15. The van der Waals surface area contributed by atoms with Gasteiger partial charge in [0.1, 0.15) is 5.75 Å². The first-order chi connectivity index (χ1) is 11.2. The number of aromatic nitrogens is 1. The summed E-state index contributed by atoms with van der Waals surface area (Å²) in [6.45, 7) is 5.05. The minimum Gasteiger partial charge on any atom is -0.496 e. The molecule has 5 nitrogen and oxygen atoms in total. The number of nitrogens with zero attached hydrogens (tertiary/aromatic N) is 2. The average molecular weight is 314 g/mol. The van der Waals surface area contributed by atoms with Crippen LogP contribution in [-0.4, -0.2) is 42.6 Å². The summed E-state index contributed by atoms with van der Waals surface area (Å²) in [5.41, 5.74) is 8.47. The molecule has 3 rings (SSSR count). The van der Waals surface area contributed by atoms with Crippen molar-refractivity contribution in [3.63, 3.8) is 0 Å². The minimum absolute atomic E-state index is 0.684. The maximum Gasteiger partial charge on any atom is 0.191 e. The first kappa shape index (κ1) is 15.7. The molecule has 1 fully saturated rings. The van der Waals surface area contributed by atoms with E-state index in [4.69, 9.17) is 10.5 Å². The predicted octanol–water partition coefficient (Wildman–Crippen LogP) is 2.77. The molecule has 2 heterocycles. The molecular formula is C18H26N4O. The van der Waals surface area contributed by atoms with Crippen molar-refractivity contribution in [2.24, 2.45) is 16.6 Å². The van der Waals surface area contributed by atoms with Crippen LogP contribution in [0.4, 0.5) is 0 Å². The molecular weight excluding hydrogens is 288 g/mol. The van der Waals surface area contributed by atoms with Crippen LogP contribution in [0, 0.1) is 5.92 Å². The Labute approximate surface area is 137 Å². The number of piperidine rings is 1. The maximum atomic E-state index is 6.15. The molecule has 0 aliphatic carbocycles. The van der Waals surface area contributed by atoms with Crippen molar-refractivity contribution < 1.29 is 4.74 Å². The maximum absolute atomic E-state index is 6.15. The number of aliphatic imine (C=N–C) groups is 1. The van der Waals surface area contributed by atoms with E-state index in [0.29, 0.717) is 12.5 Å². The number of ether oxygens (including phenoxy) is 1. The zero-order chi connectivity index (χ0) is 16.2. The Bertz CT molecular complexity index is 683. The van der Waals surface area contributed by atoms with Crippen LogP contribution in [0.5, 0.6) is 5.75 Å². The molecule has 1 aromatic heterocycles. The molecule has 1 aliphatic heterocycles. The Hall–Kier alpha value is -2.17. The van der Waals surface area contributed by atoms with Gasteiger partial charge in [0.2, 0.25) is 0 Å². The largest absolute Gasteiger partial charge is 0.496 e. The van der Waals surface area contributed by atoms with Crippen molar-refractivity contribution in [1.29, 1.82) is 0 Å². The third kappa shape index (κ3) is 3.44. The zero-order valence-corrected chi connectivity index (χ0v) is 14.0. The van der Waals surface area contributed by atoms with Crippen LogP contribution in [0.1, 0.15) is 25.3 Å². The molecule has 5 heteroatoms. The van der Waals surface area contributed by atoms with Crippen molar-refractivity contribution in [2.75, 3.05) is 26.7 Å². The summed E-state index contributed by atoms with van der Waals surface area (Å²) in [7, 11) is 1.71. The number of likely N-dealkylation sites (tertiary alicyclic amines) is 1. The molecule has 0 saturated carbocycles. The van der Waals surface area contributed by atoms with E-state index in [1.807, 2.05) is 18.3 Å². The number of nitrogens with two attached hydrogens (primary N) is 1. The molecule has 0 spiro atoms. The lowest BCUT2D eigenvalue weighted by Crippen LogP contribution is -2.42. The summed E-state index contributed by atoms with van der Waals surface area (Å²) in [6, 6.07) is 6.05. The van der Waals surface area contributed by atoms with Crippen LogP contribution in [0.2, 0.25) is 0 Å². The van der Waals surface area contributed by atoms with E-state index >= 15 is 0 Å². The standard InChI is InChI=1S/C18H26N4O/c1-13-7-10-22(11-8-13)18(19)20-9-6-14-12-21-15-4-3-5-16(23-2)17(14)15/h3-5,12-13,21H,6-11H2,1-2H3,(H2,19,20). The van der Waals surface area contributed by atoms with Crippen molar-refractivity contribution in [3.05, 3.63) is 30.0 Å². The van der Waals surface area contributed by atoms with Crippen molar-refractivity contribution in [3.8, 4) is 5.75 Å². The summed E-state index contributed by atoms with van der Waals surface area (Å²) in [4.78, 5) is 10.1. The van der Waals surface area contributed by atoms with Gasteiger partial charge in [0.25, 0.3) is 0 Å². The van der Waals surface area contributed by atoms with Gasteiger partial charge in [-0.05, 0) is 42.9 Å².